The first-order valence-corrected chi connectivity index (χ1v) is 9.86. The van der Waals surface area contributed by atoms with Gasteiger partial charge in [0.1, 0.15) is 0 Å². The average molecular weight is 377 g/mol. The van der Waals surface area contributed by atoms with Crippen molar-refractivity contribution < 1.29 is 4.79 Å². The van der Waals surface area contributed by atoms with Crippen molar-refractivity contribution in [1.29, 1.82) is 0 Å². The second-order valence-corrected chi connectivity index (χ2v) is 7.30. The fourth-order valence-electron chi connectivity index (χ4n) is 3.07. The molecule has 0 aromatic heterocycles. The summed E-state index contributed by atoms with van der Waals surface area (Å²) in [6.45, 7) is 11.1. The van der Waals surface area contributed by atoms with Gasteiger partial charge < -0.3 is 10.6 Å². The van der Waals surface area contributed by atoms with Crippen molar-refractivity contribution >= 4 is 17.5 Å². The molecule has 0 fully saturated rings. The van der Waals surface area contributed by atoms with Crippen LogP contribution in [0.3, 0.4) is 0 Å². The summed E-state index contributed by atoms with van der Waals surface area (Å²) >= 11 is 5.93. The van der Waals surface area contributed by atoms with E-state index >= 15 is 0 Å². The first kappa shape index (κ1) is 22.3. The summed E-state index contributed by atoms with van der Waals surface area (Å²) < 4.78 is 0. The predicted octanol–water partition coefficient (Wildman–Crippen LogP) is 5.61. The number of rotatable bonds is 9. The number of carbonyl (C=O) groups excluding carboxylic acids is 1. The predicted molar refractivity (Wildman–Crippen MR) is 112 cm³/mol. The lowest BCUT2D eigenvalue weighted by Crippen LogP contribution is -2.28. The van der Waals surface area contributed by atoms with Crippen molar-refractivity contribution in [2.75, 3.05) is 7.05 Å². The Bertz CT molecular complexity index is 657. The summed E-state index contributed by atoms with van der Waals surface area (Å²) in [6, 6.07) is 7.57. The summed E-state index contributed by atoms with van der Waals surface area (Å²) in [5, 5.41) is 7.12. The molecule has 1 amide bonds. The van der Waals surface area contributed by atoms with Gasteiger partial charge in [-0.15, -0.1) is 0 Å². The Labute approximate surface area is 163 Å². The molecular weight excluding hydrogens is 344 g/mol. The van der Waals surface area contributed by atoms with Gasteiger partial charge in [0.05, 0.1) is 0 Å². The van der Waals surface area contributed by atoms with Crippen molar-refractivity contribution in [3.05, 3.63) is 57.3 Å². The third-order valence-corrected chi connectivity index (χ3v) is 4.78. The minimum atomic E-state index is -0.00356. The molecule has 0 saturated carbocycles. The molecule has 0 saturated heterocycles. The number of carbonyl (C=O) groups is 1. The van der Waals surface area contributed by atoms with E-state index in [4.69, 9.17) is 11.6 Å². The average Bonchev–Trinajstić information content (AvgIpc) is 2.61. The first-order chi connectivity index (χ1) is 12.3. The molecular formula is C22H33ClN2O. The summed E-state index contributed by atoms with van der Waals surface area (Å²) in [6.07, 6.45) is 2.74. The van der Waals surface area contributed by atoms with Crippen LogP contribution in [0, 0.1) is 5.92 Å². The van der Waals surface area contributed by atoms with Crippen LogP contribution < -0.4 is 10.6 Å². The third kappa shape index (κ3) is 6.21. The van der Waals surface area contributed by atoms with E-state index in [2.05, 4.69) is 45.3 Å². The van der Waals surface area contributed by atoms with Gasteiger partial charge in [-0.25, -0.2) is 0 Å². The van der Waals surface area contributed by atoms with Gasteiger partial charge in [0.25, 0.3) is 5.91 Å². The fraction of sp³-hybridized carbons (Fsp3) is 0.500. The molecule has 0 spiro atoms. The normalized spacial score (nSPS) is 13.2. The van der Waals surface area contributed by atoms with Crippen molar-refractivity contribution in [2.45, 2.75) is 60.4 Å². The molecule has 1 aromatic carbocycles. The number of halogens is 1. The molecule has 0 bridgehead atoms. The van der Waals surface area contributed by atoms with E-state index < -0.39 is 0 Å². The highest BCUT2D eigenvalue weighted by atomic mass is 35.5. The number of nitrogens with one attached hydrogen (secondary N) is 2. The molecule has 0 unspecified atom stereocenters. The van der Waals surface area contributed by atoms with Gasteiger partial charge in [0, 0.05) is 29.9 Å². The van der Waals surface area contributed by atoms with E-state index in [-0.39, 0.29) is 5.91 Å². The molecule has 0 aliphatic heterocycles. The SMILES string of the molecule is CCCC(/C(C(=O)NCc1ccc(Cl)cc1)=C(\C)CC)=C(/NC)C(C)C. The Balaban J connectivity index is 3.19. The molecule has 0 aliphatic rings. The zero-order valence-corrected chi connectivity index (χ0v) is 17.8. The van der Waals surface area contributed by atoms with E-state index in [0.717, 1.165) is 47.2 Å². The first-order valence-electron chi connectivity index (χ1n) is 9.49. The number of amides is 1. The van der Waals surface area contributed by atoms with Gasteiger partial charge >= 0.3 is 0 Å². The molecule has 26 heavy (non-hydrogen) atoms. The molecule has 1 aromatic rings. The van der Waals surface area contributed by atoms with Gasteiger partial charge in [-0.05, 0) is 49.0 Å². The quantitative estimate of drug-likeness (QED) is 0.434. The Hall–Kier alpha value is -1.74. The van der Waals surface area contributed by atoms with Crippen LogP contribution in [0.5, 0.6) is 0 Å². The number of allylic oxidation sites excluding steroid dienone is 2. The standard InChI is InChI=1S/C22H33ClN2O/c1-7-9-19(21(24-6)15(3)4)20(16(5)8-2)22(26)25-14-17-10-12-18(23)13-11-17/h10-13,15,24H,7-9,14H2,1-6H3,(H,25,26)/b20-16-,21-19-. The van der Waals surface area contributed by atoms with Gasteiger partial charge in [-0.3, -0.25) is 4.79 Å². The maximum atomic E-state index is 13.1. The van der Waals surface area contributed by atoms with Gasteiger partial charge in [-0.2, -0.15) is 0 Å². The van der Waals surface area contributed by atoms with Crippen LogP contribution in [0.2, 0.25) is 5.02 Å². The van der Waals surface area contributed by atoms with Crippen LogP contribution >= 0.6 is 11.6 Å². The third-order valence-electron chi connectivity index (χ3n) is 4.52. The molecule has 2 N–H and O–H groups in total. The molecule has 3 nitrogen and oxygen atoms in total. The second-order valence-electron chi connectivity index (χ2n) is 6.86. The lowest BCUT2D eigenvalue weighted by atomic mass is 9.90. The topological polar surface area (TPSA) is 41.1 Å². The molecule has 1 rings (SSSR count). The lowest BCUT2D eigenvalue weighted by Gasteiger charge is -2.22. The largest absolute Gasteiger partial charge is 0.391 e. The van der Waals surface area contributed by atoms with E-state index in [1.807, 2.05) is 31.3 Å². The van der Waals surface area contributed by atoms with Crippen LogP contribution in [0.4, 0.5) is 0 Å². The summed E-state index contributed by atoms with van der Waals surface area (Å²) in [5.74, 6) is 0.335. The molecule has 144 valence electrons. The van der Waals surface area contributed by atoms with Gasteiger partial charge in [0.15, 0.2) is 0 Å². The van der Waals surface area contributed by atoms with Crippen molar-refractivity contribution in [1.82, 2.24) is 10.6 Å². The molecule has 4 heteroatoms. The van der Waals surface area contributed by atoms with E-state index in [9.17, 15) is 4.79 Å². The monoisotopic (exact) mass is 376 g/mol. The number of benzene rings is 1. The number of hydrogen-bond donors (Lipinski definition) is 2. The highest BCUT2D eigenvalue weighted by molar-refractivity contribution is 6.30. The minimum absolute atomic E-state index is 0.00356. The maximum Gasteiger partial charge on any atom is 0.251 e. The van der Waals surface area contributed by atoms with Crippen LogP contribution in [-0.2, 0) is 11.3 Å². The summed E-state index contributed by atoms with van der Waals surface area (Å²) in [7, 11) is 1.94. The van der Waals surface area contributed by atoms with Crippen molar-refractivity contribution in [3.8, 4) is 0 Å². The zero-order chi connectivity index (χ0) is 19.7. The zero-order valence-electron chi connectivity index (χ0n) is 17.0. The van der Waals surface area contributed by atoms with Crippen LogP contribution in [0.1, 0.15) is 59.4 Å². The van der Waals surface area contributed by atoms with Crippen molar-refractivity contribution in [2.24, 2.45) is 5.92 Å². The van der Waals surface area contributed by atoms with Crippen LogP contribution in [0.25, 0.3) is 0 Å². The number of hydrogen-bond acceptors (Lipinski definition) is 2. The van der Waals surface area contributed by atoms with Gasteiger partial charge in [0.2, 0.25) is 0 Å². The smallest absolute Gasteiger partial charge is 0.251 e. The highest BCUT2D eigenvalue weighted by Gasteiger charge is 2.21. The summed E-state index contributed by atoms with van der Waals surface area (Å²) in [5.41, 5.74) is 5.28. The lowest BCUT2D eigenvalue weighted by molar-refractivity contribution is -0.117. The van der Waals surface area contributed by atoms with E-state index in [1.54, 1.807) is 0 Å². The Kier molecular flexibility index (Phi) is 9.50. The Morgan fingerprint density at radius 1 is 1.15 bits per heavy atom. The Morgan fingerprint density at radius 2 is 1.77 bits per heavy atom. The van der Waals surface area contributed by atoms with Crippen LogP contribution in [-0.4, -0.2) is 13.0 Å². The van der Waals surface area contributed by atoms with E-state index in [0.29, 0.717) is 17.5 Å². The fourth-order valence-corrected chi connectivity index (χ4v) is 3.20. The van der Waals surface area contributed by atoms with E-state index in [1.165, 1.54) is 0 Å². The highest BCUT2D eigenvalue weighted by Crippen LogP contribution is 2.27. The minimum Gasteiger partial charge on any atom is -0.391 e. The molecule has 0 aliphatic carbocycles. The second kappa shape index (κ2) is 11.1. The molecule has 0 radical (unpaired) electrons. The van der Waals surface area contributed by atoms with Gasteiger partial charge in [-0.1, -0.05) is 63.4 Å². The van der Waals surface area contributed by atoms with Crippen LogP contribution in [0.15, 0.2) is 46.7 Å². The summed E-state index contributed by atoms with van der Waals surface area (Å²) in [4.78, 5) is 13.1. The maximum absolute atomic E-state index is 13.1. The molecule has 0 atom stereocenters. The van der Waals surface area contributed by atoms with Crippen molar-refractivity contribution in [3.63, 3.8) is 0 Å². The molecule has 0 heterocycles. The Morgan fingerprint density at radius 3 is 2.23 bits per heavy atom.